The molecule has 3 rings (SSSR count). The van der Waals surface area contributed by atoms with E-state index in [1.54, 1.807) is 23.1 Å². The third-order valence-corrected chi connectivity index (χ3v) is 6.98. The quantitative estimate of drug-likeness (QED) is 0.288. The first kappa shape index (κ1) is 27.8. The highest BCUT2D eigenvalue weighted by Gasteiger charge is 2.31. The summed E-state index contributed by atoms with van der Waals surface area (Å²) < 4.78 is 0. The normalized spacial score (nSPS) is 11.7. The molecule has 0 saturated carbocycles. The molecule has 3 aromatic rings. The lowest BCUT2D eigenvalue weighted by Crippen LogP contribution is -2.50. The zero-order valence-electron chi connectivity index (χ0n) is 21.0. The van der Waals surface area contributed by atoms with Crippen molar-refractivity contribution in [3.8, 4) is 0 Å². The Balaban J connectivity index is 1.92. The van der Waals surface area contributed by atoms with E-state index in [1.165, 1.54) is 5.56 Å². The van der Waals surface area contributed by atoms with Crippen LogP contribution in [0.5, 0.6) is 0 Å². The Hall–Kier alpha value is -2.82. The van der Waals surface area contributed by atoms with Crippen molar-refractivity contribution in [1.29, 1.82) is 0 Å². The van der Waals surface area contributed by atoms with Gasteiger partial charge in [-0.3, -0.25) is 9.59 Å². The molecule has 2 amide bonds. The van der Waals surface area contributed by atoms with Gasteiger partial charge >= 0.3 is 0 Å². The van der Waals surface area contributed by atoms with Gasteiger partial charge in [-0.05, 0) is 48.1 Å². The van der Waals surface area contributed by atoms with Crippen molar-refractivity contribution in [2.45, 2.75) is 58.5 Å². The van der Waals surface area contributed by atoms with Crippen LogP contribution in [0.25, 0.3) is 0 Å². The van der Waals surface area contributed by atoms with Crippen molar-refractivity contribution in [2.24, 2.45) is 0 Å². The molecule has 0 spiro atoms. The van der Waals surface area contributed by atoms with Crippen LogP contribution < -0.4 is 5.32 Å². The number of halogens is 2. The molecule has 1 N–H and O–H groups in total. The molecule has 1 atom stereocenters. The molecule has 0 saturated heterocycles. The molecule has 3 aromatic carbocycles. The summed E-state index contributed by atoms with van der Waals surface area (Å²) in [5, 5.41) is 3.94. The minimum atomic E-state index is -0.693. The number of hydrogen-bond acceptors (Lipinski definition) is 2. The Bertz CT molecular complexity index is 1110. The van der Waals surface area contributed by atoms with E-state index in [2.05, 4.69) is 36.5 Å². The third-order valence-electron chi connectivity index (χ3n) is 6.27. The Kier molecular flexibility index (Phi) is 10.8. The van der Waals surface area contributed by atoms with Crippen LogP contribution in [0.4, 0.5) is 0 Å². The molecule has 36 heavy (non-hydrogen) atoms. The molecule has 0 unspecified atom stereocenters. The molecular formula is C30H34Cl2N2O2. The highest BCUT2D eigenvalue weighted by molar-refractivity contribution is 6.36. The van der Waals surface area contributed by atoms with E-state index in [-0.39, 0.29) is 24.8 Å². The van der Waals surface area contributed by atoms with E-state index < -0.39 is 6.04 Å². The van der Waals surface area contributed by atoms with E-state index in [0.717, 1.165) is 24.0 Å². The maximum absolute atomic E-state index is 13.7. The van der Waals surface area contributed by atoms with Gasteiger partial charge < -0.3 is 10.2 Å². The monoisotopic (exact) mass is 524 g/mol. The van der Waals surface area contributed by atoms with Crippen LogP contribution in [0.3, 0.4) is 0 Å². The van der Waals surface area contributed by atoms with Crippen LogP contribution in [0.2, 0.25) is 10.0 Å². The largest absolute Gasteiger partial charge is 0.354 e. The number of carbonyl (C=O) groups excluding carboxylic acids is 2. The fourth-order valence-electron chi connectivity index (χ4n) is 4.11. The van der Waals surface area contributed by atoms with Gasteiger partial charge in [-0.2, -0.15) is 0 Å². The molecule has 0 aromatic heterocycles. The minimum absolute atomic E-state index is 0.113. The van der Waals surface area contributed by atoms with Crippen LogP contribution in [0.1, 0.15) is 48.9 Å². The lowest BCUT2D eigenvalue weighted by atomic mass is 10.0. The van der Waals surface area contributed by atoms with E-state index >= 15 is 0 Å². The fourth-order valence-corrected chi connectivity index (χ4v) is 4.63. The summed E-state index contributed by atoms with van der Waals surface area (Å²) in [7, 11) is 0. The van der Waals surface area contributed by atoms with Crippen LogP contribution in [0, 0.1) is 0 Å². The summed E-state index contributed by atoms with van der Waals surface area (Å²) in [5.74, 6) is -0.289. The number of rotatable bonds is 12. The zero-order valence-corrected chi connectivity index (χ0v) is 22.5. The molecule has 0 aliphatic carbocycles. The summed E-state index contributed by atoms with van der Waals surface area (Å²) in [6.07, 6.45) is 3.04. The summed E-state index contributed by atoms with van der Waals surface area (Å²) in [6, 6.07) is 22.7. The molecule has 0 aliphatic heterocycles. The van der Waals surface area contributed by atoms with Crippen LogP contribution in [-0.2, 0) is 35.4 Å². The standard InChI is InChI=1S/C30H34Cl2N2O2/c1-3-19-33-30(36)28(20-24-9-6-5-7-10-24)34(21-25-26(31)11-8-12-27(25)32)29(35)18-17-23-15-13-22(4-2)14-16-23/h5-16,28H,3-4,17-21H2,1-2H3,(H,33,36)/t28-/m1/s1. The van der Waals surface area contributed by atoms with E-state index in [1.807, 2.05) is 37.3 Å². The second kappa shape index (κ2) is 14.1. The van der Waals surface area contributed by atoms with Gasteiger partial charge in [0.1, 0.15) is 6.04 Å². The predicted octanol–water partition coefficient (Wildman–Crippen LogP) is 6.65. The molecule has 0 heterocycles. The minimum Gasteiger partial charge on any atom is -0.354 e. The van der Waals surface area contributed by atoms with Crippen LogP contribution in [0.15, 0.2) is 72.8 Å². The maximum atomic E-state index is 13.7. The van der Waals surface area contributed by atoms with Crippen molar-refractivity contribution in [2.75, 3.05) is 6.54 Å². The average Bonchev–Trinajstić information content (AvgIpc) is 2.90. The van der Waals surface area contributed by atoms with Crippen LogP contribution >= 0.6 is 23.2 Å². The van der Waals surface area contributed by atoms with Gasteiger partial charge in [0.2, 0.25) is 11.8 Å². The smallest absolute Gasteiger partial charge is 0.243 e. The van der Waals surface area contributed by atoms with Crippen LogP contribution in [-0.4, -0.2) is 29.3 Å². The zero-order chi connectivity index (χ0) is 25.9. The molecule has 0 aliphatic rings. The molecule has 190 valence electrons. The molecule has 0 radical (unpaired) electrons. The lowest BCUT2D eigenvalue weighted by Gasteiger charge is -2.32. The average molecular weight is 526 g/mol. The molecule has 0 fully saturated rings. The topological polar surface area (TPSA) is 49.4 Å². The highest BCUT2D eigenvalue weighted by Crippen LogP contribution is 2.27. The second-order valence-corrected chi connectivity index (χ2v) is 9.70. The highest BCUT2D eigenvalue weighted by atomic mass is 35.5. The number of hydrogen-bond donors (Lipinski definition) is 1. The first-order chi connectivity index (χ1) is 17.4. The third kappa shape index (κ3) is 7.84. The van der Waals surface area contributed by atoms with Gasteiger partial charge in [0.05, 0.1) is 0 Å². The van der Waals surface area contributed by atoms with Crippen molar-refractivity contribution >= 4 is 35.0 Å². The van der Waals surface area contributed by atoms with Crippen molar-refractivity contribution in [1.82, 2.24) is 10.2 Å². The fraction of sp³-hybridized carbons (Fsp3) is 0.333. The first-order valence-electron chi connectivity index (χ1n) is 12.5. The number of nitrogens with zero attached hydrogens (tertiary/aromatic N) is 1. The molecule has 6 heteroatoms. The van der Waals surface area contributed by atoms with Gasteiger partial charge in [0, 0.05) is 41.5 Å². The summed E-state index contributed by atoms with van der Waals surface area (Å²) in [5.41, 5.74) is 3.97. The summed E-state index contributed by atoms with van der Waals surface area (Å²) in [4.78, 5) is 28.8. The first-order valence-corrected chi connectivity index (χ1v) is 13.3. The summed E-state index contributed by atoms with van der Waals surface area (Å²) in [6.45, 7) is 4.82. The Morgan fingerprint density at radius 3 is 2.08 bits per heavy atom. The van der Waals surface area contributed by atoms with Gasteiger partial charge in [0.15, 0.2) is 0 Å². The number of benzene rings is 3. The van der Waals surface area contributed by atoms with Gasteiger partial charge in [-0.15, -0.1) is 0 Å². The Labute approximate surface area is 224 Å². The van der Waals surface area contributed by atoms with E-state index in [4.69, 9.17) is 23.2 Å². The second-order valence-electron chi connectivity index (χ2n) is 8.89. The summed E-state index contributed by atoms with van der Waals surface area (Å²) >= 11 is 13.0. The Morgan fingerprint density at radius 2 is 1.47 bits per heavy atom. The van der Waals surface area contributed by atoms with E-state index in [9.17, 15) is 9.59 Å². The van der Waals surface area contributed by atoms with Gasteiger partial charge in [-0.1, -0.05) is 97.7 Å². The van der Waals surface area contributed by atoms with Crippen molar-refractivity contribution < 1.29 is 9.59 Å². The SMILES string of the molecule is CCCNC(=O)[C@@H](Cc1ccccc1)N(Cc1c(Cl)cccc1Cl)C(=O)CCc1ccc(CC)cc1. The number of carbonyl (C=O) groups is 2. The molecule has 4 nitrogen and oxygen atoms in total. The lowest BCUT2D eigenvalue weighted by molar-refractivity contribution is -0.141. The predicted molar refractivity (Wildman–Crippen MR) is 148 cm³/mol. The molecular weight excluding hydrogens is 491 g/mol. The molecule has 0 bridgehead atoms. The number of nitrogens with one attached hydrogen (secondary N) is 1. The van der Waals surface area contributed by atoms with E-state index in [0.29, 0.717) is 35.0 Å². The Morgan fingerprint density at radius 1 is 0.833 bits per heavy atom. The van der Waals surface area contributed by atoms with Crippen molar-refractivity contribution in [3.63, 3.8) is 0 Å². The number of amides is 2. The van der Waals surface area contributed by atoms with Crippen molar-refractivity contribution in [3.05, 3.63) is 105 Å². The van der Waals surface area contributed by atoms with Gasteiger partial charge in [0.25, 0.3) is 0 Å². The number of aryl methyl sites for hydroxylation is 2. The maximum Gasteiger partial charge on any atom is 0.243 e. The van der Waals surface area contributed by atoms with Gasteiger partial charge in [-0.25, -0.2) is 0 Å².